The molecule has 0 unspecified atom stereocenters. The highest BCUT2D eigenvalue weighted by Crippen LogP contribution is 2.25. The molecule has 0 aliphatic carbocycles. The number of piperazine rings is 1. The van der Waals surface area contributed by atoms with Crippen molar-refractivity contribution in [1.29, 1.82) is 5.26 Å². The molecule has 7 nitrogen and oxygen atoms in total. The van der Waals surface area contributed by atoms with Crippen LogP contribution in [-0.2, 0) is 10.0 Å². The third-order valence-corrected chi connectivity index (χ3v) is 6.98. The topological polar surface area (TPSA) is 94.6 Å². The Labute approximate surface area is 172 Å². The quantitative estimate of drug-likeness (QED) is 0.637. The summed E-state index contributed by atoms with van der Waals surface area (Å²) in [5.41, 5.74) is 0.964. The maximum atomic E-state index is 12.8. The number of nitrogens with zero attached hydrogens (tertiary/aromatic N) is 3. The molecule has 0 radical (unpaired) electrons. The van der Waals surface area contributed by atoms with Gasteiger partial charge in [0.15, 0.2) is 5.76 Å². The summed E-state index contributed by atoms with van der Waals surface area (Å²) >= 11 is 5.97. The second kappa shape index (κ2) is 7.52. The van der Waals surface area contributed by atoms with Gasteiger partial charge in [-0.15, -0.1) is 0 Å². The van der Waals surface area contributed by atoms with E-state index in [9.17, 15) is 13.2 Å². The summed E-state index contributed by atoms with van der Waals surface area (Å²) in [6.07, 6.45) is 0. The second-order valence-electron chi connectivity index (χ2n) is 6.63. The molecule has 4 rings (SSSR count). The summed E-state index contributed by atoms with van der Waals surface area (Å²) in [7, 11) is -3.68. The molecule has 29 heavy (non-hydrogen) atoms. The molecule has 1 aliphatic heterocycles. The van der Waals surface area contributed by atoms with Gasteiger partial charge in [0.1, 0.15) is 5.58 Å². The van der Waals surface area contributed by atoms with E-state index in [0.29, 0.717) is 16.2 Å². The minimum atomic E-state index is -3.68. The van der Waals surface area contributed by atoms with Gasteiger partial charge in [0.05, 0.1) is 16.5 Å². The van der Waals surface area contributed by atoms with E-state index < -0.39 is 10.0 Å². The van der Waals surface area contributed by atoms with Crippen LogP contribution in [0, 0.1) is 11.3 Å². The van der Waals surface area contributed by atoms with Crippen LogP contribution in [0.1, 0.15) is 16.1 Å². The smallest absolute Gasteiger partial charge is 0.289 e. The summed E-state index contributed by atoms with van der Waals surface area (Å²) in [4.78, 5) is 14.5. The second-order valence-corrected chi connectivity index (χ2v) is 9.00. The number of hydrogen-bond acceptors (Lipinski definition) is 5. The lowest BCUT2D eigenvalue weighted by molar-refractivity contribution is 0.0668. The monoisotopic (exact) mass is 429 g/mol. The van der Waals surface area contributed by atoms with Crippen molar-refractivity contribution in [2.24, 2.45) is 0 Å². The average Bonchev–Trinajstić information content (AvgIpc) is 3.16. The number of hydrogen-bond donors (Lipinski definition) is 0. The first-order chi connectivity index (χ1) is 13.9. The van der Waals surface area contributed by atoms with Gasteiger partial charge >= 0.3 is 0 Å². The van der Waals surface area contributed by atoms with Crippen molar-refractivity contribution in [3.8, 4) is 6.07 Å². The molecule has 1 saturated heterocycles. The fraction of sp³-hybridized carbons (Fsp3) is 0.200. The molecule has 1 fully saturated rings. The molecule has 2 heterocycles. The van der Waals surface area contributed by atoms with Crippen LogP contribution in [0.3, 0.4) is 0 Å². The van der Waals surface area contributed by atoms with E-state index in [0.717, 1.165) is 5.39 Å². The van der Waals surface area contributed by atoms with E-state index in [2.05, 4.69) is 0 Å². The lowest BCUT2D eigenvalue weighted by Gasteiger charge is -2.33. The number of benzene rings is 2. The molecule has 3 aromatic rings. The molecule has 0 bridgehead atoms. The third kappa shape index (κ3) is 3.72. The minimum absolute atomic E-state index is 0.130. The van der Waals surface area contributed by atoms with Crippen molar-refractivity contribution >= 4 is 38.5 Å². The number of carbonyl (C=O) groups excluding carboxylic acids is 1. The Hall–Kier alpha value is -2.86. The fourth-order valence-electron chi connectivity index (χ4n) is 3.26. The highest BCUT2D eigenvalue weighted by Gasteiger charge is 2.31. The lowest BCUT2D eigenvalue weighted by atomic mass is 10.2. The van der Waals surface area contributed by atoms with Gasteiger partial charge in [-0.2, -0.15) is 9.57 Å². The average molecular weight is 430 g/mol. The highest BCUT2D eigenvalue weighted by molar-refractivity contribution is 7.89. The summed E-state index contributed by atoms with van der Waals surface area (Å²) in [6.45, 7) is 0.874. The Balaban J connectivity index is 1.46. The Morgan fingerprint density at radius 3 is 2.38 bits per heavy atom. The number of amides is 1. The van der Waals surface area contributed by atoms with E-state index >= 15 is 0 Å². The van der Waals surface area contributed by atoms with Crippen LogP contribution in [0.5, 0.6) is 0 Å². The molecule has 0 spiro atoms. The first kappa shape index (κ1) is 19.5. The molecular weight excluding hydrogens is 414 g/mol. The van der Waals surface area contributed by atoms with Crippen LogP contribution in [0.2, 0.25) is 5.02 Å². The first-order valence-corrected chi connectivity index (χ1v) is 10.7. The number of rotatable bonds is 3. The molecule has 148 valence electrons. The summed E-state index contributed by atoms with van der Waals surface area (Å²) in [6, 6.07) is 14.5. The lowest BCUT2D eigenvalue weighted by Crippen LogP contribution is -2.50. The van der Waals surface area contributed by atoms with E-state index in [1.165, 1.54) is 28.6 Å². The fourth-order valence-corrected chi connectivity index (χ4v) is 4.86. The van der Waals surface area contributed by atoms with Crippen molar-refractivity contribution in [1.82, 2.24) is 9.21 Å². The highest BCUT2D eigenvalue weighted by atomic mass is 35.5. The van der Waals surface area contributed by atoms with E-state index in [1.54, 1.807) is 29.2 Å². The summed E-state index contributed by atoms with van der Waals surface area (Å²) < 4.78 is 32.5. The molecular formula is C20H16ClN3O4S. The van der Waals surface area contributed by atoms with Crippen molar-refractivity contribution in [2.45, 2.75) is 4.90 Å². The largest absolute Gasteiger partial charge is 0.451 e. The van der Waals surface area contributed by atoms with Gasteiger partial charge in [0.2, 0.25) is 10.0 Å². The van der Waals surface area contributed by atoms with E-state index in [4.69, 9.17) is 21.3 Å². The number of sulfonamides is 1. The van der Waals surface area contributed by atoms with Gasteiger partial charge in [0.25, 0.3) is 5.91 Å². The van der Waals surface area contributed by atoms with Crippen LogP contribution in [0.4, 0.5) is 0 Å². The standard InChI is InChI=1S/C20H16ClN3O4S/c21-16-3-6-18-15(11-16)12-19(28-18)20(25)23-7-9-24(10-8-23)29(26,27)17-4-1-14(13-22)2-5-17/h1-6,11-12H,7-10H2. The van der Waals surface area contributed by atoms with Gasteiger partial charge in [-0.3, -0.25) is 4.79 Å². The van der Waals surface area contributed by atoms with E-state index in [1.807, 2.05) is 6.07 Å². The number of halogens is 1. The molecule has 1 amide bonds. The van der Waals surface area contributed by atoms with Crippen LogP contribution in [0.15, 0.2) is 57.8 Å². The number of carbonyl (C=O) groups is 1. The van der Waals surface area contributed by atoms with Crippen LogP contribution in [0.25, 0.3) is 11.0 Å². The zero-order valence-corrected chi connectivity index (χ0v) is 16.8. The summed E-state index contributed by atoms with van der Waals surface area (Å²) in [5, 5.41) is 10.1. The molecule has 9 heteroatoms. The summed E-state index contributed by atoms with van der Waals surface area (Å²) in [5.74, 6) is -0.0848. The maximum absolute atomic E-state index is 12.8. The molecule has 1 aliphatic rings. The third-order valence-electron chi connectivity index (χ3n) is 4.84. The van der Waals surface area contributed by atoms with Crippen LogP contribution < -0.4 is 0 Å². The van der Waals surface area contributed by atoms with Crippen molar-refractivity contribution < 1.29 is 17.6 Å². The Morgan fingerprint density at radius 2 is 1.72 bits per heavy atom. The van der Waals surface area contributed by atoms with Gasteiger partial charge in [-0.1, -0.05) is 11.6 Å². The van der Waals surface area contributed by atoms with Crippen molar-refractivity contribution in [2.75, 3.05) is 26.2 Å². The maximum Gasteiger partial charge on any atom is 0.289 e. The van der Waals surface area contributed by atoms with Crippen molar-refractivity contribution in [3.05, 3.63) is 64.9 Å². The normalized spacial score (nSPS) is 15.4. The minimum Gasteiger partial charge on any atom is -0.451 e. The van der Waals surface area contributed by atoms with Gasteiger partial charge < -0.3 is 9.32 Å². The Kier molecular flexibility index (Phi) is 5.04. The van der Waals surface area contributed by atoms with Crippen molar-refractivity contribution in [3.63, 3.8) is 0 Å². The number of fused-ring (bicyclic) bond motifs is 1. The first-order valence-electron chi connectivity index (χ1n) is 8.87. The van der Waals surface area contributed by atoms with Gasteiger partial charge in [-0.25, -0.2) is 8.42 Å². The van der Waals surface area contributed by atoms with Crippen LogP contribution >= 0.6 is 11.6 Å². The SMILES string of the molecule is N#Cc1ccc(S(=O)(=O)N2CCN(C(=O)c3cc4cc(Cl)ccc4o3)CC2)cc1. The van der Waals surface area contributed by atoms with E-state index in [-0.39, 0.29) is 42.7 Å². The molecule has 1 aromatic heterocycles. The predicted molar refractivity (Wildman–Crippen MR) is 107 cm³/mol. The molecule has 2 aromatic carbocycles. The zero-order chi connectivity index (χ0) is 20.6. The molecule has 0 atom stereocenters. The molecule has 0 saturated carbocycles. The van der Waals surface area contributed by atoms with Crippen LogP contribution in [-0.4, -0.2) is 49.7 Å². The van der Waals surface area contributed by atoms with Gasteiger partial charge in [0, 0.05) is 36.6 Å². The zero-order valence-electron chi connectivity index (χ0n) is 15.2. The molecule has 0 N–H and O–H groups in total. The Morgan fingerprint density at radius 1 is 1.03 bits per heavy atom. The number of nitriles is 1. The number of furan rings is 1. The Bertz CT molecular complexity index is 1220. The predicted octanol–water partition coefficient (Wildman–Crippen LogP) is 3.10. The van der Waals surface area contributed by atoms with Gasteiger partial charge in [-0.05, 0) is 48.5 Å².